The van der Waals surface area contributed by atoms with E-state index in [1.54, 1.807) is 0 Å². The van der Waals surface area contributed by atoms with E-state index in [2.05, 4.69) is 27.7 Å². The molecule has 2 atom stereocenters. The Morgan fingerprint density at radius 3 is 2.07 bits per heavy atom. The van der Waals surface area contributed by atoms with Crippen molar-refractivity contribution in [2.24, 2.45) is 23.7 Å². The van der Waals surface area contributed by atoms with Crippen LogP contribution in [0, 0.1) is 23.7 Å². The van der Waals surface area contributed by atoms with Crippen LogP contribution < -0.4 is 0 Å². The highest BCUT2D eigenvalue weighted by atomic mass is 14.4. The van der Waals surface area contributed by atoms with Gasteiger partial charge >= 0.3 is 0 Å². The minimum Gasteiger partial charge on any atom is -0.0654 e. The minimum absolute atomic E-state index is 0.977. The molecule has 1 saturated carbocycles. The number of unbranched alkanes of at least 4 members (excludes halogenated alkanes) is 1. The molecule has 0 bridgehead atoms. The third-order valence-corrected chi connectivity index (χ3v) is 4.48. The molecule has 0 aromatic heterocycles. The van der Waals surface area contributed by atoms with E-state index >= 15 is 0 Å². The fraction of sp³-hybridized carbons (Fsp3) is 1.00. The van der Waals surface area contributed by atoms with E-state index < -0.39 is 0 Å². The summed E-state index contributed by atoms with van der Waals surface area (Å²) in [7, 11) is 0. The Hall–Kier alpha value is 0. The average molecular weight is 196 g/mol. The van der Waals surface area contributed by atoms with Gasteiger partial charge in [0.1, 0.15) is 0 Å². The molecule has 14 heavy (non-hydrogen) atoms. The molecule has 1 aliphatic rings. The summed E-state index contributed by atoms with van der Waals surface area (Å²) in [5.74, 6) is 4.11. The zero-order chi connectivity index (χ0) is 10.6. The summed E-state index contributed by atoms with van der Waals surface area (Å²) < 4.78 is 0. The van der Waals surface area contributed by atoms with Crippen LogP contribution in [-0.2, 0) is 0 Å². The van der Waals surface area contributed by atoms with Gasteiger partial charge < -0.3 is 0 Å². The Kier molecular flexibility index (Phi) is 4.98. The second kappa shape index (κ2) is 5.78. The number of rotatable bonds is 6. The summed E-state index contributed by atoms with van der Waals surface area (Å²) >= 11 is 0. The van der Waals surface area contributed by atoms with Crippen molar-refractivity contribution in [1.82, 2.24) is 0 Å². The van der Waals surface area contributed by atoms with Gasteiger partial charge in [-0.2, -0.15) is 0 Å². The Morgan fingerprint density at radius 1 is 1.00 bits per heavy atom. The summed E-state index contributed by atoms with van der Waals surface area (Å²) in [5, 5.41) is 0. The summed E-state index contributed by atoms with van der Waals surface area (Å²) in [6.45, 7) is 9.53. The van der Waals surface area contributed by atoms with Crippen LogP contribution in [0.4, 0.5) is 0 Å². The Balaban J connectivity index is 2.13. The highest BCUT2D eigenvalue weighted by Crippen LogP contribution is 2.44. The van der Waals surface area contributed by atoms with Gasteiger partial charge in [-0.3, -0.25) is 0 Å². The summed E-state index contributed by atoms with van der Waals surface area (Å²) in [4.78, 5) is 0. The van der Waals surface area contributed by atoms with Crippen LogP contribution in [-0.4, -0.2) is 0 Å². The zero-order valence-electron chi connectivity index (χ0n) is 10.6. The van der Waals surface area contributed by atoms with Crippen molar-refractivity contribution in [2.75, 3.05) is 0 Å². The van der Waals surface area contributed by atoms with Gasteiger partial charge in [-0.15, -0.1) is 0 Å². The molecule has 1 aliphatic carbocycles. The summed E-state index contributed by atoms with van der Waals surface area (Å²) in [5.41, 5.74) is 0. The van der Waals surface area contributed by atoms with Gasteiger partial charge in [-0.05, 0) is 36.5 Å². The maximum Gasteiger partial charge on any atom is -0.0383 e. The second-order valence-corrected chi connectivity index (χ2v) is 5.50. The first-order valence-electron chi connectivity index (χ1n) is 6.69. The first-order valence-corrected chi connectivity index (χ1v) is 6.69. The molecule has 1 fully saturated rings. The molecule has 0 aromatic rings. The third kappa shape index (κ3) is 3.00. The number of hydrogen-bond donors (Lipinski definition) is 0. The maximum atomic E-state index is 2.47. The Labute approximate surface area is 90.5 Å². The monoisotopic (exact) mass is 196 g/mol. The van der Waals surface area contributed by atoms with E-state index in [0.29, 0.717) is 0 Å². The molecule has 0 nitrogen and oxygen atoms in total. The van der Waals surface area contributed by atoms with Crippen molar-refractivity contribution in [3.63, 3.8) is 0 Å². The highest BCUT2D eigenvalue weighted by Gasteiger charge is 2.34. The molecule has 0 N–H and O–H groups in total. The van der Waals surface area contributed by atoms with Crippen LogP contribution in [0.1, 0.15) is 66.2 Å². The molecule has 1 rings (SSSR count). The van der Waals surface area contributed by atoms with E-state index in [0.717, 1.165) is 23.7 Å². The minimum atomic E-state index is 0.977. The van der Waals surface area contributed by atoms with Crippen LogP contribution in [0.2, 0.25) is 0 Å². The van der Waals surface area contributed by atoms with Crippen LogP contribution in [0.15, 0.2) is 0 Å². The molecule has 0 heteroatoms. The molecule has 0 radical (unpaired) electrons. The van der Waals surface area contributed by atoms with E-state index in [9.17, 15) is 0 Å². The predicted molar refractivity (Wildman–Crippen MR) is 64.4 cm³/mol. The van der Waals surface area contributed by atoms with Crippen molar-refractivity contribution < 1.29 is 0 Å². The van der Waals surface area contributed by atoms with E-state index in [-0.39, 0.29) is 0 Å². The molecular weight excluding hydrogens is 168 g/mol. The fourth-order valence-corrected chi connectivity index (χ4v) is 2.73. The topological polar surface area (TPSA) is 0 Å². The lowest BCUT2D eigenvalue weighted by molar-refractivity contribution is 0.0823. The van der Waals surface area contributed by atoms with Crippen LogP contribution in [0.5, 0.6) is 0 Å². The van der Waals surface area contributed by atoms with E-state index in [1.165, 1.54) is 38.5 Å². The molecule has 0 aromatic carbocycles. The van der Waals surface area contributed by atoms with Crippen LogP contribution in [0.25, 0.3) is 0 Å². The zero-order valence-corrected chi connectivity index (χ0v) is 10.6. The van der Waals surface area contributed by atoms with Gasteiger partial charge in [0.05, 0.1) is 0 Å². The average Bonchev–Trinajstić information content (AvgIpc) is 2.11. The lowest BCUT2D eigenvalue weighted by atomic mass is 9.63. The molecule has 0 spiro atoms. The van der Waals surface area contributed by atoms with Crippen molar-refractivity contribution >= 4 is 0 Å². The Morgan fingerprint density at radius 2 is 1.57 bits per heavy atom. The molecule has 2 unspecified atom stereocenters. The van der Waals surface area contributed by atoms with Gasteiger partial charge in [0.15, 0.2) is 0 Å². The summed E-state index contributed by atoms with van der Waals surface area (Å²) in [6.07, 6.45) is 8.70. The van der Waals surface area contributed by atoms with Gasteiger partial charge in [0.2, 0.25) is 0 Å². The first-order chi connectivity index (χ1) is 6.69. The van der Waals surface area contributed by atoms with Crippen molar-refractivity contribution in [1.29, 1.82) is 0 Å². The normalized spacial score (nSPS) is 30.9. The van der Waals surface area contributed by atoms with Gasteiger partial charge in [-0.1, -0.05) is 53.4 Å². The molecule has 0 saturated heterocycles. The molecular formula is C14H28. The van der Waals surface area contributed by atoms with Gasteiger partial charge in [-0.25, -0.2) is 0 Å². The SMILES string of the molecule is CCCCC(C)C1CC(C(C)CC)C1. The van der Waals surface area contributed by atoms with Crippen molar-refractivity contribution in [3.8, 4) is 0 Å². The van der Waals surface area contributed by atoms with Crippen LogP contribution >= 0.6 is 0 Å². The predicted octanol–water partition coefficient (Wildman–Crippen LogP) is 4.89. The highest BCUT2D eigenvalue weighted by molar-refractivity contribution is 4.85. The molecule has 0 amide bonds. The lowest BCUT2D eigenvalue weighted by Gasteiger charge is -2.42. The first kappa shape index (κ1) is 12.1. The Bertz CT molecular complexity index is 144. The fourth-order valence-electron chi connectivity index (χ4n) is 2.73. The van der Waals surface area contributed by atoms with E-state index in [4.69, 9.17) is 0 Å². The van der Waals surface area contributed by atoms with Crippen LogP contribution in [0.3, 0.4) is 0 Å². The third-order valence-electron chi connectivity index (χ3n) is 4.48. The molecule has 0 heterocycles. The van der Waals surface area contributed by atoms with Gasteiger partial charge in [0, 0.05) is 0 Å². The number of hydrogen-bond acceptors (Lipinski definition) is 0. The van der Waals surface area contributed by atoms with Crippen molar-refractivity contribution in [2.45, 2.75) is 66.2 Å². The van der Waals surface area contributed by atoms with E-state index in [1.807, 2.05) is 0 Å². The molecule has 0 aliphatic heterocycles. The van der Waals surface area contributed by atoms with Crippen molar-refractivity contribution in [3.05, 3.63) is 0 Å². The summed E-state index contributed by atoms with van der Waals surface area (Å²) in [6, 6.07) is 0. The lowest BCUT2D eigenvalue weighted by Crippen LogP contribution is -2.32. The standard InChI is InChI=1S/C14H28/c1-5-7-8-12(4)14-9-13(10-14)11(3)6-2/h11-14H,5-10H2,1-4H3. The van der Waals surface area contributed by atoms with Gasteiger partial charge in [0.25, 0.3) is 0 Å². The smallest absolute Gasteiger partial charge is 0.0383 e. The quantitative estimate of drug-likeness (QED) is 0.567. The molecule has 84 valence electrons. The maximum absolute atomic E-state index is 2.47. The largest absolute Gasteiger partial charge is 0.0654 e. The second-order valence-electron chi connectivity index (χ2n) is 5.50.